The van der Waals surface area contributed by atoms with Gasteiger partial charge < -0.3 is 4.74 Å². The first-order valence-corrected chi connectivity index (χ1v) is 10.2. The zero-order valence-corrected chi connectivity index (χ0v) is 17.6. The number of carbonyl (C=O) groups is 1. The van der Waals surface area contributed by atoms with Crippen LogP contribution in [-0.4, -0.2) is 31.8 Å². The van der Waals surface area contributed by atoms with Crippen molar-refractivity contribution in [1.29, 1.82) is 0 Å². The van der Waals surface area contributed by atoms with Crippen LogP contribution < -0.4 is 4.72 Å². The Bertz CT molecular complexity index is 547. The van der Waals surface area contributed by atoms with E-state index in [9.17, 15) is 13.2 Å². The van der Waals surface area contributed by atoms with Crippen molar-refractivity contribution >= 4 is 27.6 Å². The van der Waals surface area contributed by atoms with E-state index in [4.69, 9.17) is 16.3 Å². The van der Waals surface area contributed by atoms with Gasteiger partial charge in [0, 0.05) is 5.03 Å². The van der Waals surface area contributed by atoms with E-state index in [0.717, 1.165) is 0 Å². The summed E-state index contributed by atoms with van der Waals surface area (Å²) < 4.78 is 31.7. The maximum atomic E-state index is 12.4. The molecule has 1 N–H and O–H groups in total. The SMILES string of the molecule is CCOC(=O)[C@@H](/C=C(/Cl)[C@@H](NS(=O)(=O)C(C)(C)C)C(C)C)C(C)C. The molecule has 0 aliphatic heterocycles. The average Bonchev–Trinajstić information content (AvgIpc) is 2.40. The van der Waals surface area contributed by atoms with Gasteiger partial charge in [-0.15, -0.1) is 0 Å². The highest BCUT2D eigenvalue weighted by atomic mass is 35.5. The molecule has 0 rings (SSSR count). The second-order valence-corrected chi connectivity index (χ2v) is 10.4. The minimum absolute atomic E-state index is 0.00941. The number of sulfonamides is 1. The van der Waals surface area contributed by atoms with Crippen LogP contribution in [0.2, 0.25) is 0 Å². The van der Waals surface area contributed by atoms with Crippen LogP contribution in [0.5, 0.6) is 0 Å². The van der Waals surface area contributed by atoms with Gasteiger partial charge in [-0.2, -0.15) is 0 Å². The Morgan fingerprint density at radius 2 is 1.67 bits per heavy atom. The van der Waals surface area contributed by atoms with Gasteiger partial charge in [0.1, 0.15) is 0 Å². The van der Waals surface area contributed by atoms with Crippen molar-refractivity contribution in [2.75, 3.05) is 6.61 Å². The fourth-order valence-electron chi connectivity index (χ4n) is 1.90. The third-order valence-corrected chi connectivity index (χ3v) is 6.21. The Kier molecular flexibility index (Phi) is 8.98. The van der Waals surface area contributed by atoms with E-state index < -0.39 is 26.7 Å². The standard InChI is InChI=1S/C17H32ClNO4S/c1-9-23-16(20)13(11(2)3)10-14(18)15(12(4)5)19-24(21,22)17(6,7)8/h10-13,15,19H,9H2,1-8H3/b14-10+/t13-,15-/m0/s1. The molecule has 0 radical (unpaired) electrons. The molecule has 0 spiro atoms. The summed E-state index contributed by atoms with van der Waals surface area (Å²) in [5.74, 6) is -0.949. The second kappa shape index (κ2) is 9.20. The van der Waals surface area contributed by atoms with Crippen LogP contribution in [0.1, 0.15) is 55.4 Å². The molecule has 0 saturated carbocycles. The molecule has 0 aromatic rings. The second-order valence-electron chi connectivity index (χ2n) is 7.53. The van der Waals surface area contributed by atoms with Crippen LogP contribution in [0.3, 0.4) is 0 Å². The quantitative estimate of drug-likeness (QED) is 0.651. The highest BCUT2D eigenvalue weighted by molar-refractivity contribution is 7.90. The van der Waals surface area contributed by atoms with Crippen molar-refractivity contribution in [3.63, 3.8) is 0 Å². The molecule has 0 unspecified atom stereocenters. The minimum Gasteiger partial charge on any atom is -0.466 e. The summed E-state index contributed by atoms with van der Waals surface area (Å²) in [7, 11) is -3.56. The summed E-state index contributed by atoms with van der Waals surface area (Å²) in [5, 5.41) is 0.310. The van der Waals surface area contributed by atoms with Gasteiger partial charge in [-0.05, 0) is 39.5 Å². The molecule has 7 heteroatoms. The number of nitrogens with one attached hydrogen (secondary N) is 1. The third kappa shape index (κ3) is 6.73. The highest BCUT2D eigenvalue weighted by Crippen LogP contribution is 2.25. The van der Waals surface area contributed by atoms with E-state index in [-0.39, 0.29) is 24.4 Å². The van der Waals surface area contributed by atoms with Gasteiger partial charge in [0.15, 0.2) is 0 Å². The first-order valence-electron chi connectivity index (χ1n) is 8.30. The molecule has 0 aliphatic carbocycles. The fraction of sp³-hybridized carbons (Fsp3) is 0.824. The van der Waals surface area contributed by atoms with E-state index >= 15 is 0 Å². The lowest BCUT2D eigenvalue weighted by Gasteiger charge is -2.28. The fourth-order valence-corrected chi connectivity index (χ4v) is 3.50. The van der Waals surface area contributed by atoms with Crippen LogP contribution >= 0.6 is 11.6 Å². The van der Waals surface area contributed by atoms with Crippen LogP contribution in [-0.2, 0) is 19.6 Å². The van der Waals surface area contributed by atoms with Gasteiger partial charge >= 0.3 is 5.97 Å². The van der Waals surface area contributed by atoms with Crippen LogP contribution in [0.4, 0.5) is 0 Å². The van der Waals surface area contributed by atoms with Crippen molar-refractivity contribution < 1.29 is 17.9 Å². The minimum atomic E-state index is -3.56. The van der Waals surface area contributed by atoms with E-state index in [1.54, 1.807) is 33.8 Å². The molecular weight excluding hydrogens is 350 g/mol. The summed E-state index contributed by atoms with van der Waals surface area (Å²) in [6, 6.07) is -0.591. The Balaban J connectivity index is 5.63. The highest BCUT2D eigenvalue weighted by Gasteiger charge is 2.34. The average molecular weight is 382 g/mol. The lowest BCUT2D eigenvalue weighted by molar-refractivity contribution is -0.147. The smallest absolute Gasteiger partial charge is 0.313 e. The number of halogens is 1. The van der Waals surface area contributed by atoms with E-state index in [1.165, 1.54) is 0 Å². The van der Waals surface area contributed by atoms with Crippen molar-refractivity contribution in [2.45, 2.75) is 66.2 Å². The molecular formula is C17H32ClNO4S. The van der Waals surface area contributed by atoms with Crippen LogP contribution in [0, 0.1) is 17.8 Å². The Morgan fingerprint density at radius 3 is 2.00 bits per heavy atom. The molecule has 0 amide bonds. The predicted octanol–water partition coefficient (Wildman–Crippen LogP) is 3.69. The molecule has 0 bridgehead atoms. The summed E-state index contributed by atoms with van der Waals surface area (Å²) in [5.41, 5.74) is 0. The van der Waals surface area contributed by atoms with Gasteiger partial charge in [0.2, 0.25) is 10.0 Å². The lowest BCUT2D eigenvalue weighted by atomic mass is 9.93. The molecule has 2 atom stereocenters. The van der Waals surface area contributed by atoms with Gasteiger partial charge in [-0.1, -0.05) is 45.4 Å². The molecule has 24 heavy (non-hydrogen) atoms. The van der Waals surface area contributed by atoms with E-state index in [1.807, 2.05) is 27.7 Å². The van der Waals surface area contributed by atoms with Crippen LogP contribution in [0.15, 0.2) is 11.1 Å². The first kappa shape index (κ1) is 23.4. The maximum Gasteiger partial charge on any atom is 0.313 e. The van der Waals surface area contributed by atoms with Gasteiger partial charge in [0.05, 0.1) is 23.3 Å². The molecule has 0 aromatic heterocycles. The number of carbonyl (C=O) groups excluding carboxylic acids is 1. The molecule has 0 fully saturated rings. The number of hydrogen-bond acceptors (Lipinski definition) is 4. The number of ether oxygens (including phenoxy) is 1. The number of esters is 1. The van der Waals surface area contributed by atoms with Gasteiger partial charge in [0.25, 0.3) is 0 Å². The van der Waals surface area contributed by atoms with Crippen LogP contribution in [0.25, 0.3) is 0 Å². The van der Waals surface area contributed by atoms with E-state index in [2.05, 4.69) is 4.72 Å². The maximum absolute atomic E-state index is 12.4. The third-order valence-electron chi connectivity index (χ3n) is 3.67. The zero-order chi connectivity index (χ0) is 19.3. The molecule has 0 saturated heterocycles. The number of hydrogen-bond donors (Lipinski definition) is 1. The lowest BCUT2D eigenvalue weighted by Crippen LogP contribution is -2.47. The molecule has 0 aliphatic rings. The van der Waals surface area contributed by atoms with Crippen molar-refractivity contribution in [1.82, 2.24) is 4.72 Å². The Hall–Kier alpha value is -0.590. The topological polar surface area (TPSA) is 72.5 Å². The van der Waals surface area contributed by atoms with Gasteiger partial charge in [-0.3, -0.25) is 4.79 Å². The molecule has 0 heterocycles. The Labute approximate surface area is 152 Å². The summed E-state index contributed by atoms with van der Waals surface area (Å²) in [6.07, 6.45) is 1.61. The molecule has 142 valence electrons. The van der Waals surface area contributed by atoms with Crippen molar-refractivity contribution in [2.24, 2.45) is 17.8 Å². The molecule has 0 aromatic carbocycles. The summed E-state index contributed by atoms with van der Waals surface area (Å²) in [6.45, 7) is 14.5. The Morgan fingerprint density at radius 1 is 1.17 bits per heavy atom. The first-order chi connectivity index (χ1) is 10.7. The van der Waals surface area contributed by atoms with Crippen molar-refractivity contribution in [3.05, 3.63) is 11.1 Å². The summed E-state index contributed by atoms with van der Waals surface area (Å²) in [4.78, 5) is 12.1. The monoisotopic (exact) mass is 381 g/mol. The van der Waals surface area contributed by atoms with Crippen molar-refractivity contribution in [3.8, 4) is 0 Å². The van der Waals surface area contributed by atoms with E-state index in [0.29, 0.717) is 5.03 Å². The largest absolute Gasteiger partial charge is 0.466 e. The normalized spacial score (nSPS) is 16.4. The van der Waals surface area contributed by atoms with Gasteiger partial charge in [-0.25, -0.2) is 13.1 Å². The zero-order valence-electron chi connectivity index (χ0n) is 16.0. The summed E-state index contributed by atoms with van der Waals surface area (Å²) >= 11 is 6.41. The number of rotatable bonds is 8. The molecule has 5 nitrogen and oxygen atoms in total. The predicted molar refractivity (Wildman–Crippen MR) is 99.3 cm³/mol.